The number of hydrogen-bond donors (Lipinski definition) is 2. The summed E-state index contributed by atoms with van der Waals surface area (Å²) in [7, 11) is 0. The van der Waals surface area contributed by atoms with Gasteiger partial charge in [-0.15, -0.1) is 0 Å². The third-order valence-corrected chi connectivity index (χ3v) is 4.65. The number of para-hydroxylation sites is 1. The Morgan fingerprint density at radius 3 is 2.68 bits per heavy atom. The molecule has 1 aromatic heterocycles. The molecule has 0 saturated carbocycles. The number of carboxylic acids is 1. The number of anilines is 1. The molecule has 0 aliphatic rings. The van der Waals surface area contributed by atoms with Gasteiger partial charge in [-0.25, -0.2) is 9.78 Å². The van der Waals surface area contributed by atoms with E-state index in [4.69, 9.17) is 5.11 Å². The van der Waals surface area contributed by atoms with E-state index < -0.39 is 5.97 Å². The van der Waals surface area contributed by atoms with E-state index in [-0.39, 0.29) is 16.7 Å². The fraction of sp³-hybridized carbons (Fsp3) is 0.105. The van der Waals surface area contributed by atoms with Crippen molar-refractivity contribution >= 4 is 40.2 Å². The lowest BCUT2D eigenvalue weighted by molar-refractivity contribution is -0.115. The van der Waals surface area contributed by atoms with Crippen molar-refractivity contribution in [2.24, 2.45) is 0 Å². The Balaban J connectivity index is 1.69. The Labute approximate surface area is 149 Å². The molecule has 25 heavy (non-hydrogen) atoms. The minimum atomic E-state index is -1.03. The summed E-state index contributed by atoms with van der Waals surface area (Å²) in [6, 6.07) is 17.9. The molecule has 6 heteroatoms. The van der Waals surface area contributed by atoms with Crippen molar-refractivity contribution in [2.75, 3.05) is 5.32 Å². The van der Waals surface area contributed by atoms with Crippen molar-refractivity contribution in [1.29, 1.82) is 0 Å². The normalized spacial score (nSPS) is 11.9. The van der Waals surface area contributed by atoms with Crippen LogP contribution in [0.25, 0.3) is 10.9 Å². The first-order chi connectivity index (χ1) is 12.0. The number of amides is 1. The van der Waals surface area contributed by atoms with Crippen LogP contribution in [-0.2, 0) is 4.79 Å². The highest BCUT2D eigenvalue weighted by Crippen LogP contribution is 2.25. The largest absolute Gasteiger partial charge is 0.478 e. The van der Waals surface area contributed by atoms with Crippen molar-refractivity contribution in [1.82, 2.24) is 4.98 Å². The molecule has 3 rings (SSSR count). The summed E-state index contributed by atoms with van der Waals surface area (Å²) in [4.78, 5) is 27.9. The van der Waals surface area contributed by atoms with Gasteiger partial charge in [-0.05, 0) is 37.3 Å². The van der Waals surface area contributed by atoms with Gasteiger partial charge in [0.1, 0.15) is 0 Å². The van der Waals surface area contributed by atoms with E-state index in [0.29, 0.717) is 5.69 Å². The number of thioether (sulfide) groups is 1. The first-order valence-electron chi connectivity index (χ1n) is 7.69. The van der Waals surface area contributed by atoms with Crippen LogP contribution in [0, 0.1) is 0 Å². The van der Waals surface area contributed by atoms with Crippen LogP contribution in [0.1, 0.15) is 17.3 Å². The average Bonchev–Trinajstić information content (AvgIpc) is 2.61. The number of hydrogen-bond acceptors (Lipinski definition) is 4. The van der Waals surface area contributed by atoms with Gasteiger partial charge in [0.05, 0.1) is 21.4 Å². The highest BCUT2D eigenvalue weighted by molar-refractivity contribution is 8.00. The summed E-state index contributed by atoms with van der Waals surface area (Å²) in [5.74, 6) is -1.23. The zero-order valence-corrected chi connectivity index (χ0v) is 14.3. The van der Waals surface area contributed by atoms with Gasteiger partial charge < -0.3 is 10.4 Å². The molecule has 5 nitrogen and oxygen atoms in total. The van der Waals surface area contributed by atoms with Crippen molar-refractivity contribution in [3.63, 3.8) is 0 Å². The second-order valence-electron chi connectivity index (χ2n) is 5.48. The fourth-order valence-electron chi connectivity index (χ4n) is 2.32. The van der Waals surface area contributed by atoms with Crippen molar-refractivity contribution in [3.8, 4) is 0 Å². The molecular formula is C19H16N2O3S. The van der Waals surface area contributed by atoms with Gasteiger partial charge in [0.25, 0.3) is 0 Å². The molecule has 0 radical (unpaired) electrons. The zero-order chi connectivity index (χ0) is 17.8. The smallest absolute Gasteiger partial charge is 0.335 e. The first kappa shape index (κ1) is 17.0. The maximum Gasteiger partial charge on any atom is 0.335 e. The molecule has 0 aliphatic heterocycles. The third-order valence-electron chi connectivity index (χ3n) is 3.62. The maximum absolute atomic E-state index is 12.4. The number of carbonyl (C=O) groups excluding carboxylic acids is 1. The first-order valence-corrected chi connectivity index (χ1v) is 8.57. The summed E-state index contributed by atoms with van der Waals surface area (Å²) in [6.45, 7) is 1.79. The number of carboxylic acid groups (broad SMARTS) is 1. The number of aromatic nitrogens is 1. The fourth-order valence-corrected chi connectivity index (χ4v) is 3.15. The van der Waals surface area contributed by atoms with E-state index in [0.717, 1.165) is 15.9 Å². The predicted octanol–water partition coefficient (Wildman–Crippen LogP) is 4.05. The Kier molecular flexibility index (Phi) is 5.00. The number of carbonyl (C=O) groups is 2. The monoisotopic (exact) mass is 352 g/mol. The number of aromatic carboxylic acids is 1. The highest BCUT2D eigenvalue weighted by Gasteiger charge is 2.16. The van der Waals surface area contributed by atoms with Crippen LogP contribution in [0.2, 0.25) is 0 Å². The lowest BCUT2D eigenvalue weighted by Gasteiger charge is -2.12. The quantitative estimate of drug-likeness (QED) is 0.677. The van der Waals surface area contributed by atoms with Crippen molar-refractivity contribution in [2.45, 2.75) is 17.2 Å². The lowest BCUT2D eigenvalue weighted by atomic mass is 10.2. The molecule has 1 amide bonds. The van der Waals surface area contributed by atoms with E-state index >= 15 is 0 Å². The molecule has 126 valence electrons. The maximum atomic E-state index is 12.4. The molecule has 0 bridgehead atoms. The Morgan fingerprint density at radius 2 is 1.88 bits per heavy atom. The van der Waals surface area contributed by atoms with Gasteiger partial charge in [0.2, 0.25) is 5.91 Å². The van der Waals surface area contributed by atoms with E-state index in [1.807, 2.05) is 36.4 Å². The number of pyridine rings is 1. The minimum Gasteiger partial charge on any atom is -0.478 e. The Hall–Kier alpha value is -2.86. The SMILES string of the molecule is CC(Sc1ccc2ccccc2n1)C(=O)Nc1cccc(C(=O)O)c1. The van der Waals surface area contributed by atoms with E-state index in [2.05, 4.69) is 10.3 Å². The molecule has 0 saturated heterocycles. The molecule has 2 aromatic carbocycles. The Bertz CT molecular complexity index is 943. The van der Waals surface area contributed by atoms with Crippen LogP contribution in [0.5, 0.6) is 0 Å². The Morgan fingerprint density at radius 1 is 1.08 bits per heavy atom. The molecule has 1 heterocycles. The predicted molar refractivity (Wildman–Crippen MR) is 99.1 cm³/mol. The molecule has 3 aromatic rings. The van der Waals surface area contributed by atoms with Gasteiger partial charge in [0.15, 0.2) is 0 Å². The zero-order valence-electron chi connectivity index (χ0n) is 13.5. The number of rotatable bonds is 5. The van der Waals surface area contributed by atoms with Crippen LogP contribution in [-0.4, -0.2) is 27.2 Å². The molecule has 1 atom stereocenters. The second kappa shape index (κ2) is 7.36. The van der Waals surface area contributed by atoms with E-state index in [1.165, 1.54) is 23.9 Å². The van der Waals surface area contributed by atoms with Gasteiger partial charge in [-0.2, -0.15) is 0 Å². The summed E-state index contributed by atoms with van der Waals surface area (Å²) >= 11 is 1.36. The van der Waals surface area contributed by atoms with Gasteiger partial charge in [-0.3, -0.25) is 4.79 Å². The van der Waals surface area contributed by atoms with Gasteiger partial charge in [-0.1, -0.05) is 42.1 Å². The lowest BCUT2D eigenvalue weighted by Crippen LogP contribution is -2.22. The van der Waals surface area contributed by atoms with Crippen LogP contribution in [0.15, 0.2) is 65.7 Å². The van der Waals surface area contributed by atoms with Crippen molar-refractivity contribution in [3.05, 3.63) is 66.2 Å². The minimum absolute atomic E-state index is 0.134. The van der Waals surface area contributed by atoms with Gasteiger partial charge >= 0.3 is 5.97 Å². The topological polar surface area (TPSA) is 79.3 Å². The molecule has 0 fully saturated rings. The molecular weight excluding hydrogens is 336 g/mol. The summed E-state index contributed by atoms with van der Waals surface area (Å²) in [5, 5.41) is 13.2. The second-order valence-corrected chi connectivity index (χ2v) is 6.84. The van der Waals surface area contributed by atoms with Crippen molar-refractivity contribution < 1.29 is 14.7 Å². The number of benzene rings is 2. The van der Waals surface area contributed by atoms with E-state index in [1.54, 1.807) is 19.1 Å². The van der Waals surface area contributed by atoms with Crippen LogP contribution in [0.4, 0.5) is 5.69 Å². The molecule has 0 aliphatic carbocycles. The molecule has 1 unspecified atom stereocenters. The van der Waals surface area contributed by atoms with Crippen LogP contribution >= 0.6 is 11.8 Å². The number of fused-ring (bicyclic) bond motifs is 1. The summed E-state index contributed by atoms with van der Waals surface area (Å²) in [5.41, 5.74) is 1.48. The number of nitrogens with zero attached hydrogens (tertiary/aromatic N) is 1. The summed E-state index contributed by atoms with van der Waals surface area (Å²) in [6.07, 6.45) is 0. The number of nitrogens with one attached hydrogen (secondary N) is 1. The highest BCUT2D eigenvalue weighted by atomic mass is 32.2. The molecule has 2 N–H and O–H groups in total. The van der Waals surface area contributed by atoms with Crippen LogP contribution in [0.3, 0.4) is 0 Å². The van der Waals surface area contributed by atoms with E-state index in [9.17, 15) is 9.59 Å². The van der Waals surface area contributed by atoms with Crippen LogP contribution < -0.4 is 5.32 Å². The molecule has 0 spiro atoms. The average molecular weight is 352 g/mol. The third kappa shape index (κ3) is 4.16. The standard InChI is InChI=1S/C19H16N2O3S/c1-12(18(22)20-15-7-4-6-14(11-15)19(23)24)25-17-10-9-13-5-2-3-8-16(13)21-17/h2-12H,1H3,(H,20,22)(H,23,24). The van der Waals surface area contributed by atoms with Gasteiger partial charge in [0, 0.05) is 11.1 Å². The summed E-state index contributed by atoms with van der Waals surface area (Å²) < 4.78 is 0.